The number of aryl methyl sites for hydroxylation is 2. The predicted molar refractivity (Wildman–Crippen MR) is 145 cm³/mol. The van der Waals surface area contributed by atoms with Crippen molar-refractivity contribution in [2.45, 2.75) is 31.3 Å². The van der Waals surface area contributed by atoms with Gasteiger partial charge in [0.15, 0.2) is 5.69 Å². The number of imidazole rings is 1. The minimum absolute atomic E-state index is 0.153. The van der Waals surface area contributed by atoms with Gasteiger partial charge in [-0.05, 0) is 54.8 Å². The maximum atomic E-state index is 13.4. The van der Waals surface area contributed by atoms with Gasteiger partial charge < -0.3 is 10.3 Å². The van der Waals surface area contributed by atoms with Crippen LogP contribution in [0.4, 0.5) is 18.9 Å². The van der Waals surface area contributed by atoms with Crippen molar-refractivity contribution in [1.29, 1.82) is 0 Å². The molecule has 0 aliphatic carbocycles. The molecule has 0 bridgehead atoms. The van der Waals surface area contributed by atoms with Gasteiger partial charge in [0.1, 0.15) is 5.82 Å². The van der Waals surface area contributed by atoms with Crippen LogP contribution < -0.4 is 16.6 Å². The van der Waals surface area contributed by atoms with Gasteiger partial charge in [0.05, 0.1) is 17.1 Å². The number of hydrogen-bond acceptors (Lipinski definition) is 5. The van der Waals surface area contributed by atoms with Crippen LogP contribution >= 0.6 is 0 Å². The normalized spacial score (nSPS) is 13.0. The Bertz CT molecular complexity index is 1510. The second-order valence-electron chi connectivity index (χ2n) is 8.92. The molecule has 1 heterocycles. The summed E-state index contributed by atoms with van der Waals surface area (Å²) >= 11 is 0. The van der Waals surface area contributed by atoms with Crippen LogP contribution in [0.15, 0.2) is 89.7 Å². The number of nitrogens with zero attached hydrogens (tertiary/aromatic N) is 3. The van der Waals surface area contributed by atoms with E-state index in [0.717, 1.165) is 28.5 Å². The number of nitrogens with two attached hydrogens (primary N) is 2. The number of anilines is 1. The molecule has 0 aliphatic rings. The van der Waals surface area contributed by atoms with E-state index in [9.17, 15) is 17.4 Å². The second kappa shape index (κ2) is 10.8. The van der Waals surface area contributed by atoms with Gasteiger partial charge >= 0.3 is 6.18 Å². The molecular formula is C28H28F3N5OS. The zero-order valence-corrected chi connectivity index (χ0v) is 22.0. The SMILES string of the molecule is Cc1ccc(C/C(=C/N)N(N)c2cc(-c3cccc(S(C)=O)c3)ccc2-n2cc(C(F)(F)F)nc2C)cc1. The van der Waals surface area contributed by atoms with Gasteiger partial charge in [0, 0.05) is 40.8 Å². The summed E-state index contributed by atoms with van der Waals surface area (Å²) in [6, 6.07) is 20.4. The van der Waals surface area contributed by atoms with Crippen molar-refractivity contribution in [2.24, 2.45) is 11.6 Å². The van der Waals surface area contributed by atoms with E-state index in [1.54, 1.807) is 36.6 Å². The number of hydrogen-bond donors (Lipinski definition) is 2. The number of aromatic nitrogens is 2. The third kappa shape index (κ3) is 5.81. The molecule has 0 spiro atoms. The highest BCUT2D eigenvalue weighted by Crippen LogP contribution is 2.35. The third-order valence-electron chi connectivity index (χ3n) is 6.17. The molecular weight excluding hydrogens is 511 g/mol. The van der Waals surface area contributed by atoms with E-state index in [4.69, 9.17) is 11.6 Å². The summed E-state index contributed by atoms with van der Waals surface area (Å²) in [4.78, 5) is 4.37. The zero-order valence-electron chi connectivity index (χ0n) is 21.2. The van der Waals surface area contributed by atoms with Gasteiger partial charge in [0.25, 0.3) is 0 Å². The number of allylic oxidation sites excluding steroid dienone is 1. The molecule has 4 rings (SSSR count). The quantitative estimate of drug-likeness (QED) is 0.235. The summed E-state index contributed by atoms with van der Waals surface area (Å²) in [5.74, 6) is 6.77. The highest BCUT2D eigenvalue weighted by Gasteiger charge is 2.34. The van der Waals surface area contributed by atoms with E-state index in [-0.39, 0.29) is 5.82 Å². The molecule has 0 aliphatic heterocycles. The summed E-state index contributed by atoms with van der Waals surface area (Å²) in [5.41, 5.74) is 9.96. The van der Waals surface area contributed by atoms with Crippen LogP contribution in [0, 0.1) is 13.8 Å². The van der Waals surface area contributed by atoms with Crippen molar-refractivity contribution in [3.63, 3.8) is 0 Å². The van der Waals surface area contributed by atoms with Crippen molar-refractivity contribution in [1.82, 2.24) is 9.55 Å². The molecule has 10 heteroatoms. The summed E-state index contributed by atoms with van der Waals surface area (Å²) in [6.45, 7) is 3.49. The first-order chi connectivity index (χ1) is 18.0. The Kier molecular flexibility index (Phi) is 7.75. The molecule has 0 radical (unpaired) electrons. The maximum Gasteiger partial charge on any atom is 0.434 e. The van der Waals surface area contributed by atoms with Crippen molar-refractivity contribution in [2.75, 3.05) is 11.3 Å². The second-order valence-corrected chi connectivity index (χ2v) is 10.3. The first kappa shape index (κ1) is 27.2. The minimum Gasteiger partial charge on any atom is -0.403 e. The van der Waals surface area contributed by atoms with E-state index in [0.29, 0.717) is 28.4 Å². The fourth-order valence-corrected chi connectivity index (χ4v) is 4.66. The lowest BCUT2D eigenvalue weighted by molar-refractivity contribution is -0.141. The van der Waals surface area contributed by atoms with Crippen LogP contribution in [0.1, 0.15) is 22.6 Å². The lowest BCUT2D eigenvalue weighted by atomic mass is 10.0. The van der Waals surface area contributed by atoms with Crippen molar-refractivity contribution >= 4 is 16.5 Å². The van der Waals surface area contributed by atoms with E-state index in [1.165, 1.54) is 22.7 Å². The Morgan fingerprint density at radius 1 is 1.05 bits per heavy atom. The molecule has 0 fully saturated rings. The lowest BCUT2D eigenvalue weighted by Crippen LogP contribution is -2.33. The van der Waals surface area contributed by atoms with Gasteiger partial charge in [-0.3, -0.25) is 9.22 Å². The predicted octanol–water partition coefficient (Wildman–Crippen LogP) is 5.64. The van der Waals surface area contributed by atoms with Crippen LogP contribution in [0.2, 0.25) is 0 Å². The van der Waals surface area contributed by atoms with Gasteiger partial charge in [0.2, 0.25) is 0 Å². The molecule has 198 valence electrons. The highest BCUT2D eigenvalue weighted by molar-refractivity contribution is 7.84. The third-order valence-corrected chi connectivity index (χ3v) is 7.09. The summed E-state index contributed by atoms with van der Waals surface area (Å²) in [6.07, 6.45) is -0.257. The minimum atomic E-state index is -4.59. The topological polar surface area (TPSA) is 90.2 Å². The standard InChI is InChI=1S/C28H28F3N5OS/c1-18-7-9-20(10-8-18)13-23(16-32)36(33)26-15-22(21-5-4-6-24(14-21)38(3)37)11-12-25(26)35-17-27(28(29,30)31)34-19(35)2/h4-12,14-17H,13,32-33H2,1-3H3/b23-16-. The molecule has 1 atom stereocenters. The molecule has 1 aromatic heterocycles. The van der Waals surface area contributed by atoms with Gasteiger partial charge in [-0.25, -0.2) is 10.8 Å². The molecule has 0 amide bonds. The Labute approximate surface area is 221 Å². The summed E-state index contributed by atoms with van der Waals surface area (Å²) in [5, 5.41) is 1.38. The van der Waals surface area contributed by atoms with Gasteiger partial charge in [-0.15, -0.1) is 0 Å². The van der Waals surface area contributed by atoms with E-state index in [1.807, 2.05) is 43.3 Å². The number of benzene rings is 3. The zero-order chi connectivity index (χ0) is 27.6. The van der Waals surface area contributed by atoms with Crippen LogP contribution in [0.3, 0.4) is 0 Å². The first-order valence-electron chi connectivity index (χ1n) is 11.7. The van der Waals surface area contributed by atoms with Crippen LogP contribution in [-0.2, 0) is 23.4 Å². The average Bonchev–Trinajstić information content (AvgIpc) is 3.29. The fraction of sp³-hybridized carbons (Fsp3) is 0.179. The number of alkyl halides is 3. The molecule has 6 nitrogen and oxygen atoms in total. The van der Waals surface area contributed by atoms with E-state index in [2.05, 4.69) is 4.98 Å². The molecule has 38 heavy (non-hydrogen) atoms. The Balaban J connectivity index is 1.85. The molecule has 0 saturated heterocycles. The number of rotatable bonds is 7. The fourth-order valence-electron chi connectivity index (χ4n) is 4.10. The summed E-state index contributed by atoms with van der Waals surface area (Å²) in [7, 11) is -1.18. The van der Waals surface area contributed by atoms with Gasteiger partial charge in [-0.2, -0.15) is 13.2 Å². The number of halogens is 3. The molecule has 3 aromatic carbocycles. The monoisotopic (exact) mass is 539 g/mol. The smallest absolute Gasteiger partial charge is 0.403 e. The Hall–Kier alpha value is -3.89. The largest absolute Gasteiger partial charge is 0.434 e. The molecule has 4 N–H and O–H groups in total. The maximum absolute atomic E-state index is 13.4. The molecule has 4 aromatic rings. The molecule has 0 saturated carbocycles. The average molecular weight is 540 g/mol. The number of hydrazine groups is 1. The highest BCUT2D eigenvalue weighted by atomic mass is 32.2. The van der Waals surface area contributed by atoms with E-state index < -0.39 is 22.7 Å². The van der Waals surface area contributed by atoms with E-state index >= 15 is 0 Å². The van der Waals surface area contributed by atoms with Crippen LogP contribution in [0.25, 0.3) is 16.8 Å². The molecule has 1 unspecified atom stereocenters. The Morgan fingerprint density at radius 3 is 2.34 bits per heavy atom. The van der Waals surface area contributed by atoms with Gasteiger partial charge in [-0.1, -0.05) is 48.0 Å². The Morgan fingerprint density at radius 2 is 1.74 bits per heavy atom. The first-order valence-corrected chi connectivity index (χ1v) is 13.3. The lowest BCUT2D eigenvalue weighted by Gasteiger charge is -2.26. The van der Waals surface area contributed by atoms with Crippen LogP contribution in [-0.4, -0.2) is 20.0 Å². The van der Waals surface area contributed by atoms with Crippen LogP contribution in [0.5, 0.6) is 0 Å². The van der Waals surface area contributed by atoms with Crippen molar-refractivity contribution in [3.8, 4) is 16.8 Å². The van der Waals surface area contributed by atoms with Crippen molar-refractivity contribution in [3.05, 3.63) is 107 Å². The van der Waals surface area contributed by atoms with Crippen molar-refractivity contribution < 1.29 is 17.4 Å². The summed E-state index contributed by atoms with van der Waals surface area (Å²) < 4.78 is 53.7.